The number of likely N-dealkylation sites (tertiary alicyclic amines) is 2. The number of hydrogen-bond acceptors (Lipinski definition) is 4. The van der Waals surface area contributed by atoms with Crippen LogP contribution in [-0.4, -0.2) is 46.4 Å². The van der Waals surface area contributed by atoms with Gasteiger partial charge in [-0.05, 0) is 30.5 Å². The highest BCUT2D eigenvalue weighted by molar-refractivity contribution is 6.30. The average Bonchev–Trinajstić information content (AvgIpc) is 2.73. The average molecular weight is 399 g/mol. The summed E-state index contributed by atoms with van der Waals surface area (Å²) in [6, 6.07) is 13.7. The number of amides is 2. The minimum atomic E-state index is -0.0364. The Hall–Kier alpha value is -2.44. The zero-order valence-electron chi connectivity index (χ0n) is 15.6. The van der Waals surface area contributed by atoms with Crippen molar-refractivity contribution in [3.8, 4) is 0 Å². The van der Waals surface area contributed by atoms with Gasteiger partial charge in [0.25, 0.3) is 0 Å². The molecule has 1 unspecified atom stereocenters. The van der Waals surface area contributed by atoms with E-state index < -0.39 is 0 Å². The molecule has 4 rings (SSSR count). The van der Waals surface area contributed by atoms with Crippen LogP contribution in [0.1, 0.15) is 30.9 Å². The van der Waals surface area contributed by atoms with E-state index in [0.717, 1.165) is 25.9 Å². The highest BCUT2D eigenvalue weighted by Crippen LogP contribution is 2.34. The van der Waals surface area contributed by atoms with Gasteiger partial charge < -0.3 is 10.2 Å². The number of β-lactam (4-membered cyclic amide) rings is 1. The standard InChI is InChI=1S/C21H23ClN4O2/c22-17-6-7-19(23-13-17)24-21(28)16-8-10-25(11-9-16)14-26-18(12-20(26)27)15-4-2-1-3-5-15/h1-7,13,16,18H,8-12,14H2,(H,23,24,28). The quantitative estimate of drug-likeness (QED) is 0.784. The number of nitrogens with one attached hydrogen (secondary N) is 1. The Balaban J connectivity index is 1.27. The van der Waals surface area contributed by atoms with Gasteiger partial charge in [-0.2, -0.15) is 0 Å². The minimum Gasteiger partial charge on any atom is -0.322 e. The van der Waals surface area contributed by atoms with Crippen LogP contribution >= 0.6 is 11.6 Å². The van der Waals surface area contributed by atoms with Gasteiger partial charge in [0.05, 0.1) is 24.2 Å². The lowest BCUT2D eigenvalue weighted by atomic mass is 9.93. The van der Waals surface area contributed by atoms with Gasteiger partial charge in [-0.15, -0.1) is 0 Å². The van der Waals surface area contributed by atoms with Crippen molar-refractivity contribution in [3.05, 3.63) is 59.2 Å². The van der Waals surface area contributed by atoms with Crippen molar-refractivity contribution >= 4 is 29.2 Å². The first-order chi connectivity index (χ1) is 13.6. The first-order valence-electron chi connectivity index (χ1n) is 9.59. The van der Waals surface area contributed by atoms with Crippen LogP contribution in [-0.2, 0) is 9.59 Å². The van der Waals surface area contributed by atoms with Crippen molar-refractivity contribution in [2.75, 3.05) is 25.1 Å². The molecule has 1 aromatic heterocycles. The lowest BCUT2D eigenvalue weighted by molar-refractivity contribution is -0.151. The summed E-state index contributed by atoms with van der Waals surface area (Å²) in [6.07, 6.45) is 3.65. The fraction of sp³-hybridized carbons (Fsp3) is 0.381. The molecule has 146 valence electrons. The number of anilines is 1. The van der Waals surface area contributed by atoms with Gasteiger partial charge >= 0.3 is 0 Å². The molecule has 2 fully saturated rings. The van der Waals surface area contributed by atoms with E-state index in [1.54, 1.807) is 12.1 Å². The lowest BCUT2D eigenvalue weighted by Gasteiger charge is -2.44. The summed E-state index contributed by atoms with van der Waals surface area (Å²) in [5, 5.41) is 3.40. The molecular formula is C21H23ClN4O2. The molecule has 0 spiro atoms. The molecule has 0 aliphatic carbocycles. The van der Waals surface area contributed by atoms with E-state index in [4.69, 9.17) is 11.6 Å². The van der Waals surface area contributed by atoms with E-state index in [1.165, 1.54) is 11.8 Å². The fourth-order valence-electron chi connectivity index (χ4n) is 3.83. The molecule has 2 aromatic rings. The van der Waals surface area contributed by atoms with Gasteiger partial charge in [-0.25, -0.2) is 4.98 Å². The normalized spacial score (nSPS) is 20.7. The van der Waals surface area contributed by atoms with Gasteiger partial charge in [0.1, 0.15) is 5.82 Å². The van der Waals surface area contributed by atoms with Crippen LogP contribution in [0.5, 0.6) is 0 Å². The molecule has 1 N–H and O–H groups in total. The summed E-state index contributed by atoms with van der Waals surface area (Å²) in [5.74, 6) is 0.679. The number of hydrogen-bond donors (Lipinski definition) is 1. The maximum absolute atomic E-state index is 12.5. The monoisotopic (exact) mass is 398 g/mol. The van der Waals surface area contributed by atoms with Crippen LogP contribution in [0, 0.1) is 5.92 Å². The van der Waals surface area contributed by atoms with Crippen molar-refractivity contribution in [3.63, 3.8) is 0 Å². The molecule has 28 heavy (non-hydrogen) atoms. The van der Waals surface area contributed by atoms with Crippen LogP contribution < -0.4 is 5.32 Å². The third-order valence-corrected chi connectivity index (χ3v) is 5.76. The highest BCUT2D eigenvalue weighted by Gasteiger charge is 2.38. The second-order valence-corrected chi connectivity index (χ2v) is 7.82. The van der Waals surface area contributed by atoms with E-state index in [9.17, 15) is 9.59 Å². The summed E-state index contributed by atoms with van der Waals surface area (Å²) < 4.78 is 0. The van der Waals surface area contributed by atoms with Crippen LogP contribution in [0.4, 0.5) is 5.82 Å². The number of halogens is 1. The number of carbonyl (C=O) groups excluding carboxylic acids is 2. The smallest absolute Gasteiger partial charge is 0.228 e. The van der Waals surface area contributed by atoms with E-state index in [2.05, 4.69) is 27.3 Å². The summed E-state index contributed by atoms with van der Waals surface area (Å²) in [4.78, 5) is 32.9. The van der Waals surface area contributed by atoms with Crippen molar-refractivity contribution in [2.45, 2.75) is 25.3 Å². The van der Waals surface area contributed by atoms with Crippen LogP contribution in [0.3, 0.4) is 0 Å². The molecule has 2 amide bonds. The molecule has 2 saturated heterocycles. The summed E-state index contributed by atoms with van der Waals surface area (Å²) in [6.45, 7) is 2.24. The van der Waals surface area contributed by atoms with Gasteiger partial charge in [0.2, 0.25) is 11.8 Å². The molecule has 2 aliphatic heterocycles. The molecule has 7 heteroatoms. The zero-order valence-corrected chi connectivity index (χ0v) is 16.3. The first-order valence-corrected chi connectivity index (χ1v) is 9.97. The van der Waals surface area contributed by atoms with Gasteiger partial charge in [-0.1, -0.05) is 41.9 Å². The molecule has 0 bridgehead atoms. The lowest BCUT2D eigenvalue weighted by Crippen LogP contribution is -2.53. The summed E-state index contributed by atoms with van der Waals surface area (Å²) in [7, 11) is 0. The second-order valence-electron chi connectivity index (χ2n) is 7.38. The first kappa shape index (κ1) is 18.9. The van der Waals surface area contributed by atoms with Crippen molar-refractivity contribution in [1.82, 2.24) is 14.8 Å². The van der Waals surface area contributed by atoms with Gasteiger partial charge in [0.15, 0.2) is 0 Å². The predicted octanol–water partition coefficient (Wildman–Crippen LogP) is 3.32. The van der Waals surface area contributed by atoms with Crippen LogP contribution in [0.2, 0.25) is 5.02 Å². The van der Waals surface area contributed by atoms with Gasteiger partial charge in [0, 0.05) is 25.2 Å². The number of nitrogens with zero attached hydrogens (tertiary/aromatic N) is 3. The molecule has 3 heterocycles. The molecule has 1 atom stereocenters. The largest absolute Gasteiger partial charge is 0.322 e. The van der Waals surface area contributed by atoms with Crippen molar-refractivity contribution < 1.29 is 9.59 Å². The van der Waals surface area contributed by atoms with Gasteiger partial charge in [-0.3, -0.25) is 14.5 Å². The Labute approximate surface area is 169 Å². The Morgan fingerprint density at radius 3 is 2.54 bits per heavy atom. The SMILES string of the molecule is O=C(Nc1ccc(Cl)cn1)C1CCN(CN2C(=O)CC2c2ccccc2)CC1. The fourth-order valence-corrected chi connectivity index (χ4v) is 3.95. The highest BCUT2D eigenvalue weighted by atomic mass is 35.5. The molecular weight excluding hydrogens is 376 g/mol. The minimum absolute atomic E-state index is 0.00309. The predicted molar refractivity (Wildman–Crippen MR) is 108 cm³/mol. The van der Waals surface area contributed by atoms with Crippen molar-refractivity contribution in [2.24, 2.45) is 5.92 Å². The maximum Gasteiger partial charge on any atom is 0.228 e. The zero-order chi connectivity index (χ0) is 19.5. The topological polar surface area (TPSA) is 65.5 Å². The number of pyridine rings is 1. The van der Waals surface area contributed by atoms with Crippen molar-refractivity contribution in [1.29, 1.82) is 0 Å². The van der Waals surface area contributed by atoms with E-state index in [-0.39, 0.29) is 23.8 Å². The third kappa shape index (κ3) is 4.18. The number of rotatable bonds is 5. The molecule has 6 nitrogen and oxygen atoms in total. The third-order valence-electron chi connectivity index (χ3n) is 5.54. The van der Waals surface area contributed by atoms with Crippen LogP contribution in [0.25, 0.3) is 0 Å². The Bertz CT molecular complexity index is 835. The number of carbonyl (C=O) groups is 2. The Morgan fingerprint density at radius 1 is 1.14 bits per heavy atom. The van der Waals surface area contributed by atoms with E-state index in [0.29, 0.717) is 23.9 Å². The summed E-state index contributed by atoms with van der Waals surface area (Å²) in [5.41, 5.74) is 1.19. The number of piperidine rings is 1. The van der Waals surface area contributed by atoms with E-state index in [1.807, 2.05) is 23.1 Å². The summed E-state index contributed by atoms with van der Waals surface area (Å²) >= 11 is 5.82. The molecule has 2 aliphatic rings. The Morgan fingerprint density at radius 2 is 1.89 bits per heavy atom. The van der Waals surface area contributed by atoms with E-state index >= 15 is 0 Å². The molecule has 1 aromatic carbocycles. The number of benzene rings is 1. The molecule has 0 saturated carbocycles. The second kappa shape index (κ2) is 8.29. The maximum atomic E-state index is 12.5. The van der Waals surface area contributed by atoms with Crippen LogP contribution in [0.15, 0.2) is 48.7 Å². The number of aromatic nitrogens is 1. The molecule has 0 radical (unpaired) electrons. The Kier molecular flexibility index (Phi) is 5.59.